The summed E-state index contributed by atoms with van der Waals surface area (Å²) in [5, 5.41) is 0. The van der Waals surface area contributed by atoms with Crippen LogP contribution in [-0.2, 0) is 0 Å². The fourth-order valence-corrected chi connectivity index (χ4v) is 3.03. The Morgan fingerprint density at radius 3 is 2.05 bits per heavy atom. The van der Waals surface area contributed by atoms with Crippen molar-refractivity contribution in [2.75, 3.05) is 23.9 Å². The molecule has 110 valence electrons. The van der Waals surface area contributed by atoms with Crippen LogP contribution in [0, 0.1) is 13.8 Å². The smallest absolute Gasteiger partial charge is 0.297 e. The second-order valence-corrected chi connectivity index (χ2v) is 5.95. The van der Waals surface area contributed by atoms with Gasteiger partial charge >= 0.3 is 6.03 Å². The number of hydrogen-bond acceptors (Lipinski definition) is 1. The molecular formula is C17H19BrN2O. The zero-order valence-electron chi connectivity index (χ0n) is 12.7. The Morgan fingerprint density at radius 1 is 0.905 bits per heavy atom. The summed E-state index contributed by atoms with van der Waals surface area (Å²) in [4.78, 5) is 16.1. The van der Waals surface area contributed by atoms with Gasteiger partial charge in [-0.2, -0.15) is 0 Å². The fraction of sp³-hybridized carbons (Fsp3) is 0.235. The van der Waals surface area contributed by atoms with Crippen molar-refractivity contribution in [2.24, 2.45) is 0 Å². The van der Waals surface area contributed by atoms with Crippen LogP contribution >= 0.6 is 15.9 Å². The van der Waals surface area contributed by atoms with Crippen LogP contribution in [0.15, 0.2) is 46.9 Å². The van der Waals surface area contributed by atoms with Crippen LogP contribution in [0.4, 0.5) is 16.2 Å². The van der Waals surface area contributed by atoms with Crippen LogP contribution < -0.4 is 9.80 Å². The number of carbonyl (C=O) groups is 1. The molecule has 0 aromatic heterocycles. The van der Waals surface area contributed by atoms with Crippen molar-refractivity contribution >= 4 is 33.3 Å². The van der Waals surface area contributed by atoms with Gasteiger partial charge in [0.15, 0.2) is 0 Å². The first kappa shape index (κ1) is 15.6. The van der Waals surface area contributed by atoms with E-state index in [2.05, 4.69) is 15.9 Å². The van der Waals surface area contributed by atoms with Crippen LogP contribution in [0.3, 0.4) is 0 Å². The lowest BCUT2D eigenvalue weighted by molar-refractivity contribution is 0.253. The maximum atomic E-state index is 12.7. The highest BCUT2D eigenvalue weighted by Gasteiger charge is 2.20. The lowest BCUT2D eigenvalue weighted by Crippen LogP contribution is -2.39. The Morgan fingerprint density at radius 2 is 1.48 bits per heavy atom. The number of benzene rings is 2. The molecule has 4 heteroatoms. The lowest BCUT2D eigenvalue weighted by Gasteiger charge is -2.28. The molecule has 21 heavy (non-hydrogen) atoms. The first-order chi connectivity index (χ1) is 9.93. The van der Waals surface area contributed by atoms with E-state index < -0.39 is 0 Å². The van der Waals surface area contributed by atoms with Gasteiger partial charge in [-0.05, 0) is 53.0 Å². The number of hydrogen-bond donors (Lipinski definition) is 0. The van der Waals surface area contributed by atoms with E-state index in [1.807, 2.05) is 63.4 Å². The maximum absolute atomic E-state index is 12.7. The van der Waals surface area contributed by atoms with Crippen LogP contribution in [0.25, 0.3) is 0 Å². The van der Waals surface area contributed by atoms with Gasteiger partial charge < -0.3 is 0 Å². The van der Waals surface area contributed by atoms with Crippen molar-refractivity contribution in [3.8, 4) is 0 Å². The Kier molecular flexibility index (Phi) is 4.68. The van der Waals surface area contributed by atoms with Gasteiger partial charge in [0.05, 0.1) is 11.4 Å². The van der Waals surface area contributed by atoms with Crippen LogP contribution in [0.1, 0.15) is 11.1 Å². The average Bonchev–Trinajstić information content (AvgIpc) is 2.46. The van der Waals surface area contributed by atoms with Crippen molar-refractivity contribution in [3.63, 3.8) is 0 Å². The van der Waals surface area contributed by atoms with Crippen molar-refractivity contribution in [2.45, 2.75) is 13.8 Å². The Balaban J connectivity index is 2.34. The second kappa shape index (κ2) is 6.31. The van der Waals surface area contributed by atoms with Crippen molar-refractivity contribution in [3.05, 3.63) is 58.1 Å². The van der Waals surface area contributed by atoms with Gasteiger partial charge in [-0.25, -0.2) is 4.79 Å². The summed E-state index contributed by atoms with van der Waals surface area (Å²) in [5.74, 6) is 0. The maximum Gasteiger partial charge on any atom is 0.328 e. The number of para-hydroxylation sites is 2. The van der Waals surface area contributed by atoms with Crippen LogP contribution in [0.2, 0.25) is 0 Å². The van der Waals surface area contributed by atoms with Gasteiger partial charge in [0.2, 0.25) is 0 Å². The number of urea groups is 1. The molecule has 0 radical (unpaired) electrons. The molecule has 0 aliphatic heterocycles. The van der Waals surface area contributed by atoms with E-state index in [0.29, 0.717) is 0 Å². The van der Waals surface area contributed by atoms with Crippen LogP contribution in [0.5, 0.6) is 0 Å². The zero-order chi connectivity index (χ0) is 15.6. The SMILES string of the molecule is Cc1cccc(C)c1N(C)C(=O)N(C)c1ccccc1Br. The standard InChI is InChI=1S/C17H19BrN2O/c1-12-8-7-9-13(2)16(12)20(4)17(21)19(3)15-11-6-5-10-14(15)18/h5-11H,1-4H3. The lowest BCUT2D eigenvalue weighted by atomic mass is 10.1. The molecule has 0 fully saturated rings. The van der Waals surface area contributed by atoms with Gasteiger partial charge in [-0.15, -0.1) is 0 Å². The number of rotatable bonds is 2. The molecule has 0 N–H and O–H groups in total. The predicted molar refractivity (Wildman–Crippen MR) is 92.3 cm³/mol. The topological polar surface area (TPSA) is 23.6 Å². The highest BCUT2D eigenvalue weighted by molar-refractivity contribution is 9.10. The molecule has 2 aromatic rings. The normalized spacial score (nSPS) is 10.3. The summed E-state index contributed by atoms with van der Waals surface area (Å²) in [6.07, 6.45) is 0. The third kappa shape index (κ3) is 3.10. The number of aryl methyl sites for hydroxylation is 2. The number of nitrogens with zero attached hydrogens (tertiary/aromatic N) is 2. The van der Waals surface area contributed by atoms with Crippen molar-refractivity contribution in [1.29, 1.82) is 0 Å². The Hall–Kier alpha value is -1.81. The van der Waals surface area contributed by atoms with Crippen molar-refractivity contribution in [1.82, 2.24) is 0 Å². The van der Waals surface area contributed by atoms with Gasteiger partial charge in [0.1, 0.15) is 0 Å². The molecule has 0 aliphatic carbocycles. The Labute approximate surface area is 134 Å². The second-order valence-electron chi connectivity index (χ2n) is 5.09. The van der Waals surface area contributed by atoms with Crippen molar-refractivity contribution < 1.29 is 4.79 Å². The molecule has 2 rings (SSSR count). The molecule has 0 spiro atoms. The summed E-state index contributed by atoms with van der Waals surface area (Å²) in [6.45, 7) is 4.04. The summed E-state index contributed by atoms with van der Waals surface area (Å²) >= 11 is 3.49. The third-order valence-electron chi connectivity index (χ3n) is 3.56. The highest BCUT2D eigenvalue weighted by Crippen LogP contribution is 2.28. The van der Waals surface area contributed by atoms with E-state index in [9.17, 15) is 4.79 Å². The summed E-state index contributed by atoms with van der Waals surface area (Å²) < 4.78 is 0.899. The molecule has 0 aliphatic rings. The average molecular weight is 347 g/mol. The first-order valence-corrected chi connectivity index (χ1v) is 7.55. The molecule has 0 atom stereocenters. The summed E-state index contributed by atoms with van der Waals surface area (Å²) in [6, 6.07) is 13.7. The van der Waals surface area contributed by atoms with E-state index in [1.54, 1.807) is 16.8 Å². The first-order valence-electron chi connectivity index (χ1n) is 6.75. The molecule has 2 amide bonds. The monoisotopic (exact) mass is 346 g/mol. The van der Waals surface area contributed by atoms with Crippen LogP contribution in [-0.4, -0.2) is 20.1 Å². The van der Waals surface area contributed by atoms with Gasteiger partial charge in [0, 0.05) is 18.6 Å². The highest BCUT2D eigenvalue weighted by atomic mass is 79.9. The molecular weight excluding hydrogens is 328 g/mol. The summed E-state index contributed by atoms with van der Waals surface area (Å²) in [7, 11) is 3.59. The molecule has 0 unspecified atom stereocenters. The molecule has 0 saturated carbocycles. The van der Waals surface area contributed by atoms with E-state index in [4.69, 9.17) is 0 Å². The minimum absolute atomic E-state index is 0.0701. The van der Waals surface area contributed by atoms with E-state index in [0.717, 1.165) is 27.0 Å². The van der Waals surface area contributed by atoms with E-state index in [1.165, 1.54) is 0 Å². The number of amides is 2. The minimum atomic E-state index is -0.0701. The number of halogens is 1. The number of anilines is 2. The van der Waals surface area contributed by atoms with Gasteiger partial charge in [0.25, 0.3) is 0 Å². The van der Waals surface area contributed by atoms with Gasteiger partial charge in [-0.1, -0.05) is 30.3 Å². The molecule has 0 bridgehead atoms. The predicted octanol–water partition coefficient (Wildman–Crippen LogP) is 4.76. The van der Waals surface area contributed by atoms with E-state index >= 15 is 0 Å². The zero-order valence-corrected chi connectivity index (χ0v) is 14.3. The third-order valence-corrected chi connectivity index (χ3v) is 4.23. The summed E-state index contributed by atoms with van der Waals surface area (Å²) in [5.41, 5.74) is 3.99. The number of carbonyl (C=O) groups excluding carboxylic acids is 1. The molecule has 0 saturated heterocycles. The quantitative estimate of drug-likeness (QED) is 0.768. The van der Waals surface area contributed by atoms with E-state index in [-0.39, 0.29) is 6.03 Å². The molecule has 0 heterocycles. The fourth-order valence-electron chi connectivity index (χ4n) is 2.48. The van der Waals surface area contributed by atoms with Gasteiger partial charge in [-0.3, -0.25) is 9.80 Å². The largest absolute Gasteiger partial charge is 0.328 e. The Bertz CT molecular complexity index is 649. The molecule has 2 aromatic carbocycles. The molecule has 3 nitrogen and oxygen atoms in total. The minimum Gasteiger partial charge on any atom is -0.297 e.